The van der Waals surface area contributed by atoms with Gasteiger partial charge in [0.05, 0.1) is 0 Å². The largest absolute Gasteiger partial charge is 0.458 e. The first kappa shape index (κ1) is 18.5. The summed E-state index contributed by atoms with van der Waals surface area (Å²) in [5, 5.41) is 0. The van der Waals surface area contributed by atoms with E-state index in [1.54, 1.807) is 6.08 Å². The zero-order valence-corrected chi connectivity index (χ0v) is 13.9. The summed E-state index contributed by atoms with van der Waals surface area (Å²) < 4.78 is 5.49. The molecule has 1 atom stereocenters. The summed E-state index contributed by atoms with van der Waals surface area (Å²) in [5.41, 5.74) is 1.27. The number of unbranched alkanes of at least 4 members (excludes halogenated alkanes) is 5. The van der Waals surface area contributed by atoms with Crippen LogP contribution in [0.15, 0.2) is 43.0 Å². The van der Waals surface area contributed by atoms with E-state index in [1.165, 1.54) is 31.2 Å². The molecule has 1 aromatic carbocycles. The van der Waals surface area contributed by atoms with E-state index < -0.39 is 0 Å². The summed E-state index contributed by atoms with van der Waals surface area (Å²) in [7, 11) is 0. The van der Waals surface area contributed by atoms with Crippen LogP contribution in [0.25, 0.3) is 0 Å². The second-order valence-electron chi connectivity index (χ2n) is 5.81. The molecule has 2 nitrogen and oxygen atoms in total. The Morgan fingerprint density at radius 2 is 1.82 bits per heavy atom. The van der Waals surface area contributed by atoms with Gasteiger partial charge in [0, 0.05) is 6.42 Å². The molecule has 0 N–H and O–H groups in total. The standard InChI is InChI=1S/C20H30O2/c1-3-5-6-7-8-12-15-20(21)22-19(4-2)17-16-18-13-10-9-11-14-18/h4,9-11,13-14,19H,2-3,5-8,12,15-17H2,1H3/t19-/m1/s1. The third-order valence-corrected chi connectivity index (χ3v) is 3.84. The molecule has 0 aliphatic carbocycles. The van der Waals surface area contributed by atoms with Gasteiger partial charge < -0.3 is 4.74 Å². The van der Waals surface area contributed by atoms with Gasteiger partial charge in [0.15, 0.2) is 0 Å². The third kappa shape index (κ3) is 8.66. The van der Waals surface area contributed by atoms with Gasteiger partial charge in [0.1, 0.15) is 6.10 Å². The summed E-state index contributed by atoms with van der Waals surface area (Å²) in [6, 6.07) is 10.3. The van der Waals surface area contributed by atoms with Gasteiger partial charge in [-0.05, 0) is 24.8 Å². The van der Waals surface area contributed by atoms with Crippen molar-refractivity contribution in [3.63, 3.8) is 0 Å². The fourth-order valence-corrected chi connectivity index (χ4v) is 2.46. The number of benzene rings is 1. The summed E-state index contributed by atoms with van der Waals surface area (Å²) in [6.07, 6.45) is 10.9. The van der Waals surface area contributed by atoms with Crippen molar-refractivity contribution >= 4 is 5.97 Å². The molecule has 0 spiro atoms. The molecule has 0 heterocycles. The van der Waals surface area contributed by atoms with Crippen LogP contribution in [0.2, 0.25) is 0 Å². The predicted molar refractivity (Wildman–Crippen MR) is 92.8 cm³/mol. The molecule has 1 aromatic rings. The first-order chi connectivity index (χ1) is 10.8. The molecular weight excluding hydrogens is 272 g/mol. The maximum absolute atomic E-state index is 11.8. The van der Waals surface area contributed by atoms with Crippen molar-refractivity contribution in [2.75, 3.05) is 0 Å². The van der Waals surface area contributed by atoms with Crippen LogP contribution in [-0.4, -0.2) is 12.1 Å². The number of carbonyl (C=O) groups excluding carboxylic acids is 1. The average molecular weight is 302 g/mol. The van der Waals surface area contributed by atoms with E-state index in [-0.39, 0.29) is 12.1 Å². The second-order valence-corrected chi connectivity index (χ2v) is 5.81. The van der Waals surface area contributed by atoms with Crippen LogP contribution < -0.4 is 0 Å². The van der Waals surface area contributed by atoms with E-state index >= 15 is 0 Å². The lowest BCUT2D eigenvalue weighted by Gasteiger charge is -2.14. The van der Waals surface area contributed by atoms with Crippen molar-refractivity contribution in [1.29, 1.82) is 0 Å². The molecule has 0 saturated heterocycles. The SMILES string of the molecule is C=C[C@H](CCc1ccccc1)OC(=O)CCCCCCCC. The summed E-state index contributed by atoms with van der Waals surface area (Å²) in [6.45, 7) is 5.99. The number of ether oxygens (including phenoxy) is 1. The molecule has 1 rings (SSSR count). The fraction of sp³-hybridized carbons (Fsp3) is 0.550. The summed E-state index contributed by atoms with van der Waals surface area (Å²) in [4.78, 5) is 11.8. The number of hydrogen-bond donors (Lipinski definition) is 0. The molecule has 0 unspecified atom stereocenters. The lowest BCUT2D eigenvalue weighted by molar-refractivity contribution is -0.147. The maximum atomic E-state index is 11.8. The van der Waals surface area contributed by atoms with Crippen LogP contribution in [0.5, 0.6) is 0 Å². The Labute approximate surface area is 135 Å². The van der Waals surface area contributed by atoms with Gasteiger partial charge in [-0.2, -0.15) is 0 Å². The lowest BCUT2D eigenvalue weighted by Crippen LogP contribution is -2.16. The van der Waals surface area contributed by atoms with Gasteiger partial charge in [-0.3, -0.25) is 4.79 Å². The minimum absolute atomic E-state index is 0.0894. The maximum Gasteiger partial charge on any atom is 0.306 e. The van der Waals surface area contributed by atoms with Crippen molar-refractivity contribution in [3.05, 3.63) is 48.6 Å². The van der Waals surface area contributed by atoms with Gasteiger partial charge in [0.2, 0.25) is 0 Å². The second kappa shape index (κ2) is 12.0. The molecular formula is C20H30O2. The first-order valence-corrected chi connectivity index (χ1v) is 8.62. The molecule has 0 fully saturated rings. The molecule has 0 saturated carbocycles. The van der Waals surface area contributed by atoms with Crippen molar-refractivity contribution < 1.29 is 9.53 Å². The Morgan fingerprint density at radius 3 is 2.50 bits per heavy atom. The molecule has 0 aliphatic rings. The van der Waals surface area contributed by atoms with Crippen LogP contribution >= 0.6 is 0 Å². The summed E-state index contributed by atoms with van der Waals surface area (Å²) >= 11 is 0. The molecule has 0 aliphatic heterocycles. The highest BCUT2D eigenvalue weighted by Gasteiger charge is 2.11. The minimum Gasteiger partial charge on any atom is -0.458 e. The minimum atomic E-state index is -0.173. The highest BCUT2D eigenvalue weighted by molar-refractivity contribution is 5.69. The van der Waals surface area contributed by atoms with Crippen molar-refractivity contribution in [1.82, 2.24) is 0 Å². The molecule has 0 bridgehead atoms. The number of esters is 1. The Morgan fingerprint density at radius 1 is 1.14 bits per heavy atom. The van der Waals surface area contributed by atoms with Gasteiger partial charge in [0.25, 0.3) is 0 Å². The van der Waals surface area contributed by atoms with E-state index in [4.69, 9.17) is 4.74 Å². The molecule has 0 radical (unpaired) electrons. The van der Waals surface area contributed by atoms with Gasteiger partial charge in [-0.15, -0.1) is 0 Å². The molecule has 122 valence electrons. The normalized spacial score (nSPS) is 11.9. The molecule has 0 amide bonds. The van der Waals surface area contributed by atoms with Crippen LogP contribution in [0.1, 0.15) is 63.9 Å². The quantitative estimate of drug-likeness (QED) is 0.291. The molecule has 22 heavy (non-hydrogen) atoms. The predicted octanol–water partition coefficient (Wildman–Crippen LogP) is 5.47. The smallest absolute Gasteiger partial charge is 0.306 e. The van der Waals surface area contributed by atoms with Crippen molar-refractivity contribution in [2.24, 2.45) is 0 Å². The van der Waals surface area contributed by atoms with Crippen LogP contribution in [0, 0.1) is 0 Å². The zero-order chi connectivity index (χ0) is 16.0. The number of carbonyl (C=O) groups is 1. The van der Waals surface area contributed by atoms with Crippen molar-refractivity contribution in [3.8, 4) is 0 Å². The van der Waals surface area contributed by atoms with E-state index in [0.29, 0.717) is 6.42 Å². The van der Waals surface area contributed by atoms with Gasteiger partial charge in [-0.25, -0.2) is 0 Å². The van der Waals surface area contributed by atoms with Crippen LogP contribution in [0.3, 0.4) is 0 Å². The summed E-state index contributed by atoms with van der Waals surface area (Å²) in [5.74, 6) is -0.0894. The van der Waals surface area contributed by atoms with Gasteiger partial charge in [-0.1, -0.05) is 82.0 Å². The highest BCUT2D eigenvalue weighted by Crippen LogP contribution is 2.11. The van der Waals surface area contributed by atoms with E-state index in [1.807, 2.05) is 18.2 Å². The molecule has 0 aromatic heterocycles. The Balaban J connectivity index is 2.16. The first-order valence-electron chi connectivity index (χ1n) is 8.62. The van der Waals surface area contributed by atoms with Gasteiger partial charge >= 0.3 is 5.97 Å². The van der Waals surface area contributed by atoms with E-state index in [9.17, 15) is 4.79 Å². The van der Waals surface area contributed by atoms with Crippen molar-refractivity contribution in [2.45, 2.75) is 70.8 Å². The number of aryl methyl sites for hydroxylation is 1. The highest BCUT2D eigenvalue weighted by atomic mass is 16.5. The van der Waals surface area contributed by atoms with Crippen LogP contribution in [-0.2, 0) is 16.0 Å². The monoisotopic (exact) mass is 302 g/mol. The lowest BCUT2D eigenvalue weighted by atomic mass is 10.1. The van der Waals surface area contributed by atoms with E-state index in [2.05, 4.69) is 25.6 Å². The molecule has 2 heteroatoms. The topological polar surface area (TPSA) is 26.3 Å². The fourth-order valence-electron chi connectivity index (χ4n) is 2.46. The van der Waals surface area contributed by atoms with E-state index in [0.717, 1.165) is 25.7 Å². The number of hydrogen-bond acceptors (Lipinski definition) is 2. The average Bonchev–Trinajstić information content (AvgIpc) is 2.55. The van der Waals surface area contributed by atoms with Crippen LogP contribution in [0.4, 0.5) is 0 Å². The number of rotatable bonds is 12. The third-order valence-electron chi connectivity index (χ3n) is 3.84. The Hall–Kier alpha value is -1.57. The Kier molecular flexibility index (Phi) is 10.1. The zero-order valence-electron chi connectivity index (χ0n) is 13.9. The Bertz CT molecular complexity index is 411.